The number of aromatic nitrogens is 3. The lowest BCUT2D eigenvalue weighted by atomic mass is 9.76. The van der Waals surface area contributed by atoms with Crippen LogP contribution in [0, 0.1) is 5.41 Å². The summed E-state index contributed by atoms with van der Waals surface area (Å²) in [6, 6.07) is 10.3. The van der Waals surface area contributed by atoms with E-state index >= 15 is 0 Å². The topological polar surface area (TPSA) is 91.1 Å². The first kappa shape index (κ1) is 40.3. The summed E-state index contributed by atoms with van der Waals surface area (Å²) in [5.41, 5.74) is 5.79. The Morgan fingerprint density at radius 1 is 0.942 bits per heavy atom. The lowest BCUT2D eigenvalue weighted by molar-refractivity contribution is 0.00617. The summed E-state index contributed by atoms with van der Waals surface area (Å²) >= 11 is 0. The Morgan fingerprint density at radius 2 is 1.60 bits per heavy atom. The van der Waals surface area contributed by atoms with Gasteiger partial charge < -0.3 is 28.6 Å². The SMILES string of the molecule is C[C@H]1CN(C(=O)OC(C)(C)C)CCN1C(=O)c1ccc2cc(-c3nn(COCC[Si](C)(C)C)c4c3CCC(C)(C)C4)n(COCC[Si](C)(C)C)c2c1. The van der Waals surface area contributed by atoms with E-state index in [1.165, 1.54) is 11.3 Å². The molecular formula is C40H65N5O5Si2. The van der Waals surface area contributed by atoms with Gasteiger partial charge in [0.2, 0.25) is 0 Å². The summed E-state index contributed by atoms with van der Waals surface area (Å²) in [5, 5.41) is 6.34. The van der Waals surface area contributed by atoms with Crippen molar-refractivity contribution in [2.24, 2.45) is 5.41 Å². The van der Waals surface area contributed by atoms with Crippen molar-refractivity contribution < 1.29 is 23.8 Å². The van der Waals surface area contributed by atoms with Crippen molar-refractivity contribution in [1.82, 2.24) is 24.1 Å². The maximum Gasteiger partial charge on any atom is 0.410 e. The Kier molecular flexibility index (Phi) is 11.9. The molecule has 5 rings (SSSR count). The molecule has 1 aromatic carbocycles. The van der Waals surface area contributed by atoms with Gasteiger partial charge in [0.1, 0.15) is 24.8 Å². The van der Waals surface area contributed by atoms with Crippen molar-refractivity contribution in [1.29, 1.82) is 0 Å². The van der Waals surface area contributed by atoms with Crippen molar-refractivity contribution in [2.75, 3.05) is 32.8 Å². The molecule has 0 radical (unpaired) electrons. The summed E-state index contributed by atoms with van der Waals surface area (Å²) < 4.78 is 22.6. The second-order valence-corrected chi connectivity index (χ2v) is 30.6. The van der Waals surface area contributed by atoms with Crippen molar-refractivity contribution in [2.45, 2.75) is 137 Å². The molecule has 1 saturated heterocycles. The highest BCUT2D eigenvalue weighted by atomic mass is 28.3. The van der Waals surface area contributed by atoms with Crippen LogP contribution in [-0.2, 0) is 40.5 Å². The van der Waals surface area contributed by atoms with E-state index in [1.807, 2.05) is 44.7 Å². The molecule has 1 aliphatic carbocycles. The Balaban J connectivity index is 1.47. The van der Waals surface area contributed by atoms with Gasteiger partial charge in [0.25, 0.3) is 5.91 Å². The number of benzene rings is 1. The molecule has 0 bridgehead atoms. The Morgan fingerprint density at radius 3 is 2.21 bits per heavy atom. The monoisotopic (exact) mass is 751 g/mol. The number of rotatable bonds is 12. The van der Waals surface area contributed by atoms with Crippen LogP contribution in [-0.4, -0.2) is 96.8 Å². The number of hydrogen-bond donors (Lipinski definition) is 0. The van der Waals surface area contributed by atoms with Crippen molar-refractivity contribution >= 4 is 39.1 Å². The molecule has 288 valence electrons. The van der Waals surface area contributed by atoms with Crippen LogP contribution >= 0.6 is 0 Å². The Bertz CT molecular complexity index is 1740. The maximum absolute atomic E-state index is 14.1. The van der Waals surface area contributed by atoms with Gasteiger partial charge in [-0.05, 0) is 82.7 Å². The number of fused-ring (bicyclic) bond motifs is 2. The van der Waals surface area contributed by atoms with Gasteiger partial charge in [0, 0.05) is 77.2 Å². The first-order valence-corrected chi connectivity index (χ1v) is 26.7. The van der Waals surface area contributed by atoms with Crippen molar-refractivity contribution in [3.63, 3.8) is 0 Å². The second-order valence-electron chi connectivity index (χ2n) is 19.3. The zero-order valence-corrected chi connectivity index (χ0v) is 36.1. The van der Waals surface area contributed by atoms with E-state index in [0.29, 0.717) is 45.3 Å². The number of hydrogen-bond acceptors (Lipinski definition) is 6. The number of nitrogens with zero attached hydrogens (tertiary/aromatic N) is 5. The van der Waals surface area contributed by atoms with Gasteiger partial charge in [0.05, 0.1) is 11.2 Å². The standard InChI is InChI=1S/C40H65N5O5Si2/c1-29-26-42(38(47)50-39(2,3)4)17-18-43(29)37(46)31-14-13-30-23-34(44(33(30)24-31)27-48-19-21-51(7,8)9)36-32-15-16-40(5,6)25-35(32)45(41-36)28-49-20-22-52(10,11)12/h13-14,23-24,29H,15-22,25-28H2,1-12H3/t29-/m0/s1. The molecular weight excluding hydrogens is 687 g/mol. The van der Waals surface area contributed by atoms with E-state index in [-0.39, 0.29) is 23.5 Å². The van der Waals surface area contributed by atoms with Gasteiger partial charge in [-0.2, -0.15) is 5.10 Å². The molecule has 52 heavy (non-hydrogen) atoms. The van der Waals surface area contributed by atoms with Crippen LogP contribution in [0.25, 0.3) is 22.3 Å². The van der Waals surface area contributed by atoms with Crippen LogP contribution in [0.5, 0.6) is 0 Å². The summed E-state index contributed by atoms with van der Waals surface area (Å²) in [5.74, 6) is -0.0356. The molecule has 1 fully saturated rings. The summed E-state index contributed by atoms with van der Waals surface area (Å²) in [6.07, 6.45) is 2.68. The molecule has 2 aromatic heterocycles. The zero-order valence-electron chi connectivity index (χ0n) is 34.1. The average molecular weight is 752 g/mol. The fourth-order valence-corrected chi connectivity index (χ4v) is 8.53. The largest absolute Gasteiger partial charge is 0.444 e. The Labute approximate surface area is 314 Å². The molecule has 2 amide bonds. The van der Waals surface area contributed by atoms with Gasteiger partial charge in [0.15, 0.2) is 0 Å². The quantitative estimate of drug-likeness (QED) is 0.136. The maximum atomic E-state index is 14.1. The van der Waals surface area contributed by atoms with Crippen LogP contribution in [0.3, 0.4) is 0 Å². The van der Waals surface area contributed by atoms with Crippen molar-refractivity contribution in [3.8, 4) is 11.4 Å². The molecule has 0 unspecified atom stereocenters. The van der Waals surface area contributed by atoms with Gasteiger partial charge in [-0.15, -0.1) is 0 Å². The minimum Gasteiger partial charge on any atom is -0.444 e. The lowest BCUT2D eigenvalue weighted by Gasteiger charge is -2.40. The summed E-state index contributed by atoms with van der Waals surface area (Å²) in [7, 11) is -2.50. The molecule has 3 aromatic rings. The average Bonchev–Trinajstić information content (AvgIpc) is 3.55. The van der Waals surface area contributed by atoms with Crippen LogP contribution in [0.4, 0.5) is 4.79 Å². The highest BCUT2D eigenvalue weighted by Gasteiger charge is 2.34. The van der Waals surface area contributed by atoms with Gasteiger partial charge in [-0.25, -0.2) is 9.48 Å². The fourth-order valence-electron chi connectivity index (χ4n) is 7.02. The minimum absolute atomic E-state index is 0.0356. The number of ether oxygens (including phenoxy) is 3. The number of amides is 2. The fraction of sp³-hybridized carbons (Fsp3) is 0.675. The first-order valence-electron chi connectivity index (χ1n) is 19.3. The van der Waals surface area contributed by atoms with Crippen LogP contribution in [0.15, 0.2) is 24.3 Å². The van der Waals surface area contributed by atoms with E-state index < -0.39 is 21.7 Å². The van der Waals surface area contributed by atoms with Crippen LogP contribution in [0.1, 0.15) is 69.6 Å². The number of carbonyl (C=O) groups is 2. The summed E-state index contributed by atoms with van der Waals surface area (Å²) in [4.78, 5) is 30.4. The van der Waals surface area contributed by atoms with Gasteiger partial charge in [-0.1, -0.05) is 59.2 Å². The second kappa shape index (κ2) is 15.4. The van der Waals surface area contributed by atoms with Gasteiger partial charge >= 0.3 is 6.09 Å². The van der Waals surface area contributed by atoms with E-state index in [1.54, 1.807) is 4.90 Å². The smallest absolute Gasteiger partial charge is 0.410 e. The Hall–Kier alpha value is -2.94. The first-order chi connectivity index (χ1) is 24.1. The molecule has 2 aliphatic rings. The molecule has 10 nitrogen and oxygen atoms in total. The molecule has 3 heterocycles. The predicted octanol–water partition coefficient (Wildman–Crippen LogP) is 8.73. The third-order valence-corrected chi connectivity index (χ3v) is 13.6. The zero-order chi connectivity index (χ0) is 38.2. The molecule has 0 N–H and O–H groups in total. The number of carbonyl (C=O) groups excluding carboxylic acids is 2. The molecule has 1 atom stereocenters. The normalized spacial score (nSPS) is 18.2. The molecule has 12 heteroatoms. The van der Waals surface area contributed by atoms with E-state index in [9.17, 15) is 9.59 Å². The van der Waals surface area contributed by atoms with Crippen LogP contribution < -0.4 is 0 Å². The molecule has 1 aliphatic heterocycles. The van der Waals surface area contributed by atoms with Crippen molar-refractivity contribution in [3.05, 3.63) is 41.1 Å². The van der Waals surface area contributed by atoms with Gasteiger partial charge in [-0.3, -0.25) is 4.79 Å². The highest BCUT2D eigenvalue weighted by Crippen LogP contribution is 2.40. The molecule has 0 saturated carbocycles. The predicted molar refractivity (Wildman–Crippen MR) is 215 cm³/mol. The van der Waals surface area contributed by atoms with E-state index in [4.69, 9.17) is 19.3 Å². The summed E-state index contributed by atoms with van der Waals surface area (Å²) in [6.45, 7) is 30.1. The van der Waals surface area contributed by atoms with E-state index in [0.717, 1.165) is 60.2 Å². The molecule has 0 spiro atoms. The highest BCUT2D eigenvalue weighted by molar-refractivity contribution is 6.76. The minimum atomic E-state index is -1.29. The third-order valence-electron chi connectivity index (χ3n) is 10.2. The van der Waals surface area contributed by atoms with E-state index in [2.05, 4.69) is 74.5 Å². The third kappa shape index (κ3) is 10.2. The van der Waals surface area contributed by atoms with Crippen LogP contribution in [0.2, 0.25) is 51.4 Å². The lowest BCUT2D eigenvalue weighted by Crippen LogP contribution is -2.56. The number of piperazine rings is 1.